The number of nitrogens with zero attached hydrogens (tertiary/aromatic N) is 3. The van der Waals surface area contributed by atoms with E-state index in [2.05, 4.69) is 20.7 Å². The topological polar surface area (TPSA) is 80.9 Å². The van der Waals surface area contributed by atoms with Crippen molar-refractivity contribution in [2.24, 2.45) is 0 Å². The molecule has 2 rings (SSSR count). The Bertz CT molecular complexity index is 508. The van der Waals surface area contributed by atoms with Gasteiger partial charge in [0.05, 0.1) is 5.69 Å². The third-order valence-electron chi connectivity index (χ3n) is 1.73. The normalized spacial score (nSPS) is 10.1. The van der Waals surface area contributed by atoms with Gasteiger partial charge in [-0.1, -0.05) is 16.8 Å². The lowest BCUT2D eigenvalue weighted by Gasteiger charge is -1.98. The van der Waals surface area contributed by atoms with E-state index >= 15 is 0 Å². The summed E-state index contributed by atoms with van der Waals surface area (Å²) < 4.78 is 4.82. The molecule has 16 heavy (non-hydrogen) atoms. The van der Waals surface area contributed by atoms with E-state index in [0.29, 0.717) is 5.69 Å². The number of carbonyl (C=O) groups excluding carboxylic acids is 1. The molecular weight excluding hydrogens is 232 g/mol. The first-order valence-electron chi connectivity index (χ1n) is 4.39. The van der Waals surface area contributed by atoms with Crippen LogP contribution in [0, 0.1) is 6.92 Å². The van der Waals surface area contributed by atoms with Crippen LogP contribution in [-0.4, -0.2) is 21.3 Å². The fourth-order valence-electron chi connectivity index (χ4n) is 1.04. The van der Waals surface area contributed by atoms with E-state index in [1.807, 2.05) is 0 Å². The molecule has 1 N–H and O–H groups in total. The summed E-state index contributed by atoms with van der Waals surface area (Å²) in [6.45, 7) is 1.75. The van der Waals surface area contributed by atoms with Gasteiger partial charge in [0.2, 0.25) is 5.88 Å². The van der Waals surface area contributed by atoms with Crippen molar-refractivity contribution in [1.82, 2.24) is 15.4 Å². The highest BCUT2D eigenvalue weighted by Crippen LogP contribution is 2.10. The van der Waals surface area contributed by atoms with Crippen LogP contribution in [0.15, 0.2) is 22.7 Å². The molecule has 0 saturated carbocycles. The molecule has 2 aromatic rings. The van der Waals surface area contributed by atoms with Gasteiger partial charge in [-0.15, -0.1) is 10.2 Å². The minimum absolute atomic E-state index is 0.151. The molecule has 0 unspecified atom stereocenters. The van der Waals surface area contributed by atoms with Gasteiger partial charge in [0, 0.05) is 6.07 Å². The van der Waals surface area contributed by atoms with Gasteiger partial charge in [-0.05, 0) is 19.1 Å². The number of hydrogen-bond acceptors (Lipinski definition) is 5. The Kier molecular flexibility index (Phi) is 2.82. The Morgan fingerprint density at radius 1 is 1.44 bits per heavy atom. The molecule has 6 nitrogen and oxygen atoms in total. The van der Waals surface area contributed by atoms with Gasteiger partial charge >= 0.3 is 0 Å². The lowest BCUT2D eigenvalue weighted by Crippen LogP contribution is -2.13. The molecule has 0 bridgehead atoms. The molecule has 0 aliphatic rings. The summed E-state index contributed by atoms with van der Waals surface area (Å²) in [7, 11) is 0. The summed E-state index contributed by atoms with van der Waals surface area (Å²) >= 11 is 5.55. The van der Waals surface area contributed by atoms with Crippen LogP contribution < -0.4 is 5.32 Å². The smallest absolute Gasteiger partial charge is 0.278 e. The maximum atomic E-state index is 11.6. The Labute approximate surface area is 95.6 Å². The van der Waals surface area contributed by atoms with Gasteiger partial charge in [-0.3, -0.25) is 10.1 Å². The molecule has 0 atom stereocenters. The van der Waals surface area contributed by atoms with Crippen LogP contribution in [0.5, 0.6) is 0 Å². The third-order valence-corrected chi connectivity index (χ3v) is 1.93. The molecule has 0 fully saturated rings. The van der Waals surface area contributed by atoms with Crippen molar-refractivity contribution < 1.29 is 9.32 Å². The van der Waals surface area contributed by atoms with Gasteiger partial charge in [-0.25, -0.2) is 0 Å². The number of anilines is 1. The zero-order chi connectivity index (χ0) is 11.5. The van der Waals surface area contributed by atoms with Crippen LogP contribution in [0.3, 0.4) is 0 Å². The maximum Gasteiger partial charge on any atom is 0.278 e. The van der Waals surface area contributed by atoms with Crippen LogP contribution in [0.1, 0.15) is 16.2 Å². The number of amides is 1. The molecule has 2 aromatic heterocycles. The number of aryl methyl sites for hydroxylation is 1. The zero-order valence-corrected chi connectivity index (χ0v) is 9.02. The molecule has 7 heteroatoms. The monoisotopic (exact) mass is 238 g/mol. The second kappa shape index (κ2) is 4.28. The lowest BCUT2D eigenvalue weighted by atomic mass is 10.3. The van der Waals surface area contributed by atoms with Crippen molar-refractivity contribution >= 4 is 23.4 Å². The Morgan fingerprint density at radius 2 is 2.25 bits per heavy atom. The number of halogens is 1. The third kappa shape index (κ3) is 2.34. The fourth-order valence-corrected chi connectivity index (χ4v) is 1.14. The second-order valence-electron chi connectivity index (χ2n) is 3.03. The second-order valence-corrected chi connectivity index (χ2v) is 3.42. The molecule has 0 radical (unpaired) electrons. The predicted octanol–water partition coefficient (Wildman–Crippen LogP) is 1.68. The van der Waals surface area contributed by atoms with E-state index < -0.39 is 5.91 Å². The Hall–Kier alpha value is -1.95. The van der Waals surface area contributed by atoms with E-state index in [9.17, 15) is 4.79 Å². The van der Waals surface area contributed by atoms with Gasteiger partial charge in [0.1, 0.15) is 0 Å². The average molecular weight is 239 g/mol. The molecule has 0 aromatic carbocycles. The molecule has 0 aliphatic carbocycles. The number of rotatable bonds is 2. The summed E-state index contributed by atoms with van der Waals surface area (Å²) in [6, 6.07) is 4.55. The Balaban J connectivity index is 2.11. The molecule has 82 valence electrons. The van der Waals surface area contributed by atoms with E-state index in [4.69, 9.17) is 16.1 Å². The van der Waals surface area contributed by atoms with Crippen molar-refractivity contribution in [1.29, 1.82) is 0 Å². The zero-order valence-electron chi connectivity index (χ0n) is 8.27. The van der Waals surface area contributed by atoms with E-state index in [-0.39, 0.29) is 16.7 Å². The minimum atomic E-state index is -0.430. The van der Waals surface area contributed by atoms with Crippen molar-refractivity contribution in [2.75, 3.05) is 5.32 Å². The predicted molar refractivity (Wildman–Crippen MR) is 56.2 cm³/mol. The van der Waals surface area contributed by atoms with Crippen LogP contribution in [0.4, 0.5) is 5.88 Å². The summed E-state index contributed by atoms with van der Waals surface area (Å²) in [6.07, 6.45) is 0. The van der Waals surface area contributed by atoms with Crippen molar-refractivity contribution in [3.63, 3.8) is 0 Å². The van der Waals surface area contributed by atoms with Gasteiger partial charge in [0.15, 0.2) is 10.8 Å². The largest absolute Gasteiger partial charge is 0.338 e. The fraction of sp³-hybridized carbons (Fsp3) is 0.111. The first kappa shape index (κ1) is 10.6. The quantitative estimate of drug-likeness (QED) is 0.861. The SMILES string of the molecule is Cc1cc(NC(=O)c2ccc(Cl)nn2)on1. The number of aromatic nitrogens is 3. The molecule has 2 heterocycles. The van der Waals surface area contributed by atoms with Crippen LogP contribution in [0.25, 0.3) is 0 Å². The standard InChI is InChI=1S/C9H7ClN4O2/c1-5-4-8(16-14-5)11-9(15)6-2-3-7(10)13-12-6/h2-4H,1H3,(H,11,15). The first-order chi connectivity index (χ1) is 7.65. The van der Waals surface area contributed by atoms with E-state index in [0.717, 1.165) is 0 Å². The summed E-state index contributed by atoms with van der Waals surface area (Å²) in [5.74, 6) is -0.167. The van der Waals surface area contributed by atoms with Gasteiger partial charge in [-0.2, -0.15) is 0 Å². The van der Waals surface area contributed by atoms with Crippen LogP contribution >= 0.6 is 11.6 Å². The van der Waals surface area contributed by atoms with E-state index in [1.165, 1.54) is 12.1 Å². The maximum absolute atomic E-state index is 11.6. The number of carbonyl (C=O) groups is 1. The summed E-state index contributed by atoms with van der Waals surface area (Å²) in [4.78, 5) is 11.6. The van der Waals surface area contributed by atoms with Crippen molar-refractivity contribution in [3.05, 3.63) is 34.7 Å². The minimum Gasteiger partial charge on any atom is -0.338 e. The van der Waals surface area contributed by atoms with Crippen molar-refractivity contribution in [2.45, 2.75) is 6.92 Å². The van der Waals surface area contributed by atoms with E-state index in [1.54, 1.807) is 13.0 Å². The highest BCUT2D eigenvalue weighted by Gasteiger charge is 2.10. The number of hydrogen-bond donors (Lipinski definition) is 1. The lowest BCUT2D eigenvalue weighted by molar-refractivity contribution is 0.101. The summed E-state index contributed by atoms with van der Waals surface area (Å²) in [5, 5.41) is 13.5. The molecule has 0 saturated heterocycles. The first-order valence-corrected chi connectivity index (χ1v) is 4.77. The molecular formula is C9H7ClN4O2. The van der Waals surface area contributed by atoms with Gasteiger partial charge < -0.3 is 4.52 Å². The molecule has 0 spiro atoms. The number of nitrogens with one attached hydrogen (secondary N) is 1. The van der Waals surface area contributed by atoms with Crippen molar-refractivity contribution in [3.8, 4) is 0 Å². The van der Waals surface area contributed by atoms with Crippen LogP contribution in [0.2, 0.25) is 5.15 Å². The van der Waals surface area contributed by atoms with Crippen LogP contribution in [-0.2, 0) is 0 Å². The highest BCUT2D eigenvalue weighted by molar-refractivity contribution is 6.29. The molecule has 1 amide bonds. The van der Waals surface area contributed by atoms with Gasteiger partial charge in [0.25, 0.3) is 5.91 Å². The average Bonchev–Trinajstić information content (AvgIpc) is 2.65. The molecule has 0 aliphatic heterocycles. The highest BCUT2D eigenvalue weighted by atomic mass is 35.5. The Morgan fingerprint density at radius 3 is 2.81 bits per heavy atom. The summed E-state index contributed by atoms with van der Waals surface area (Å²) in [5.41, 5.74) is 0.830.